The molecule has 0 bridgehead atoms. The van der Waals surface area contributed by atoms with Gasteiger partial charge in [0.25, 0.3) is 0 Å². The van der Waals surface area contributed by atoms with E-state index in [9.17, 15) is 5.11 Å². The molecule has 0 aliphatic carbocycles. The molecule has 204 valence electrons. The fraction of sp³-hybridized carbons (Fsp3) is 0.455. The van der Waals surface area contributed by atoms with Crippen LogP contribution in [-0.2, 0) is 10.3 Å². The fourth-order valence-corrected chi connectivity index (χ4v) is 5.43. The topological polar surface area (TPSA) is 51.2 Å². The van der Waals surface area contributed by atoms with E-state index >= 15 is 0 Å². The molecule has 5 heteroatoms. The van der Waals surface area contributed by atoms with E-state index < -0.39 is 5.60 Å². The van der Waals surface area contributed by atoms with Crippen molar-refractivity contribution in [2.75, 3.05) is 32.8 Å². The van der Waals surface area contributed by atoms with Gasteiger partial charge in [-0.05, 0) is 73.3 Å². The molecule has 5 nitrogen and oxygen atoms in total. The molecule has 3 atom stereocenters. The normalized spacial score (nSPS) is 18.1. The first kappa shape index (κ1) is 28.2. The molecule has 1 aliphatic rings. The van der Waals surface area contributed by atoms with Crippen LogP contribution < -0.4 is 9.47 Å². The van der Waals surface area contributed by atoms with Crippen LogP contribution in [-0.4, -0.2) is 49.1 Å². The summed E-state index contributed by atoms with van der Waals surface area (Å²) in [6.45, 7) is 10.7. The Hall–Kier alpha value is -2.86. The van der Waals surface area contributed by atoms with E-state index in [1.807, 2.05) is 66.7 Å². The molecule has 1 N–H and O–H groups in total. The van der Waals surface area contributed by atoms with Crippen LogP contribution in [0.1, 0.15) is 69.1 Å². The molecule has 0 aromatic heterocycles. The molecule has 1 heterocycles. The molecule has 0 spiro atoms. The quantitative estimate of drug-likeness (QED) is 0.272. The van der Waals surface area contributed by atoms with E-state index in [4.69, 9.17) is 14.2 Å². The van der Waals surface area contributed by atoms with Crippen molar-refractivity contribution in [3.63, 3.8) is 0 Å². The molecule has 3 aromatic rings. The minimum Gasteiger partial charge on any atom is -0.492 e. The van der Waals surface area contributed by atoms with Gasteiger partial charge in [-0.1, -0.05) is 75.4 Å². The number of ether oxygens (including phenoxy) is 3. The van der Waals surface area contributed by atoms with Gasteiger partial charge in [0.2, 0.25) is 0 Å². The Morgan fingerprint density at radius 3 is 2.32 bits per heavy atom. The number of nitrogens with zero attached hydrogens (tertiary/aromatic N) is 1. The van der Waals surface area contributed by atoms with E-state index in [0.717, 1.165) is 74.4 Å². The zero-order valence-corrected chi connectivity index (χ0v) is 23.1. The molecule has 38 heavy (non-hydrogen) atoms. The second-order valence-electron chi connectivity index (χ2n) is 9.98. The first-order chi connectivity index (χ1) is 18.6. The minimum atomic E-state index is -1.26. The highest BCUT2D eigenvalue weighted by atomic mass is 16.7. The zero-order chi connectivity index (χ0) is 26.8. The van der Waals surface area contributed by atoms with Gasteiger partial charge in [0.05, 0.1) is 6.61 Å². The Morgan fingerprint density at radius 2 is 1.66 bits per heavy atom. The van der Waals surface area contributed by atoms with E-state index in [-0.39, 0.29) is 12.2 Å². The lowest BCUT2D eigenvalue weighted by molar-refractivity contribution is -0.106. The second-order valence-corrected chi connectivity index (χ2v) is 9.98. The summed E-state index contributed by atoms with van der Waals surface area (Å²) in [7, 11) is 0. The standard InChI is InChI=1S/C33H43NO4/c1-4-31(26-13-8-7-9-14-26)33(35,27-18-20-29(21-19-27)36-24-22-34(5-2)6-3)28-15-12-16-30(25-28)38-32-17-10-11-23-37-32/h7-9,12-16,18-21,25,31-32,35H,4-6,10-11,17,22-24H2,1-3H3. The van der Waals surface area contributed by atoms with Crippen LogP contribution in [0.3, 0.4) is 0 Å². The van der Waals surface area contributed by atoms with Crippen LogP contribution in [0, 0.1) is 0 Å². The fourth-order valence-electron chi connectivity index (χ4n) is 5.43. The van der Waals surface area contributed by atoms with Crippen LogP contribution in [0.2, 0.25) is 0 Å². The zero-order valence-electron chi connectivity index (χ0n) is 23.1. The van der Waals surface area contributed by atoms with E-state index in [0.29, 0.717) is 12.4 Å². The number of hydrogen-bond acceptors (Lipinski definition) is 5. The van der Waals surface area contributed by atoms with Crippen molar-refractivity contribution in [1.29, 1.82) is 0 Å². The number of benzene rings is 3. The van der Waals surface area contributed by atoms with E-state index in [1.54, 1.807) is 0 Å². The van der Waals surface area contributed by atoms with Crippen molar-refractivity contribution >= 4 is 0 Å². The molecule has 1 aliphatic heterocycles. The van der Waals surface area contributed by atoms with Crippen LogP contribution in [0.25, 0.3) is 0 Å². The van der Waals surface area contributed by atoms with Gasteiger partial charge in [0.1, 0.15) is 23.7 Å². The second kappa shape index (κ2) is 13.8. The van der Waals surface area contributed by atoms with Crippen molar-refractivity contribution in [2.45, 2.75) is 64.3 Å². The average Bonchev–Trinajstić information content (AvgIpc) is 2.97. The van der Waals surface area contributed by atoms with Gasteiger partial charge in [-0.3, -0.25) is 0 Å². The number of likely N-dealkylation sites (N-methyl/N-ethyl adjacent to an activating group) is 1. The molecular formula is C33H43NO4. The van der Waals surface area contributed by atoms with E-state index in [2.05, 4.69) is 37.8 Å². The lowest BCUT2D eigenvalue weighted by atomic mass is 9.72. The summed E-state index contributed by atoms with van der Waals surface area (Å²) < 4.78 is 18.0. The molecule has 4 rings (SSSR count). The van der Waals surface area contributed by atoms with Gasteiger partial charge in [0, 0.05) is 18.9 Å². The van der Waals surface area contributed by atoms with Crippen molar-refractivity contribution in [1.82, 2.24) is 4.90 Å². The predicted molar refractivity (Wildman–Crippen MR) is 153 cm³/mol. The minimum absolute atomic E-state index is 0.153. The molecule has 0 radical (unpaired) electrons. The van der Waals surface area contributed by atoms with Crippen LogP contribution in [0.15, 0.2) is 78.9 Å². The van der Waals surface area contributed by atoms with Crippen molar-refractivity contribution in [2.24, 2.45) is 0 Å². The summed E-state index contributed by atoms with van der Waals surface area (Å²) in [4.78, 5) is 2.34. The number of hydrogen-bond donors (Lipinski definition) is 1. The van der Waals surface area contributed by atoms with Crippen LogP contribution in [0.5, 0.6) is 11.5 Å². The summed E-state index contributed by atoms with van der Waals surface area (Å²) >= 11 is 0. The highest BCUT2D eigenvalue weighted by Gasteiger charge is 2.40. The van der Waals surface area contributed by atoms with Gasteiger partial charge in [0.15, 0.2) is 6.29 Å². The molecular weight excluding hydrogens is 474 g/mol. The lowest BCUT2D eigenvalue weighted by Gasteiger charge is -2.38. The largest absolute Gasteiger partial charge is 0.492 e. The molecule has 3 unspecified atom stereocenters. The predicted octanol–water partition coefficient (Wildman–Crippen LogP) is 6.74. The third-order valence-electron chi connectivity index (χ3n) is 7.66. The van der Waals surface area contributed by atoms with Gasteiger partial charge in [-0.2, -0.15) is 0 Å². The van der Waals surface area contributed by atoms with Gasteiger partial charge < -0.3 is 24.2 Å². The van der Waals surface area contributed by atoms with Crippen molar-refractivity contribution in [3.8, 4) is 11.5 Å². The third-order valence-corrected chi connectivity index (χ3v) is 7.66. The van der Waals surface area contributed by atoms with Gasteiger partial charge in [-0.15, -0.1) is 0 Å². The maximum absolute atomic E-state index is 12.7. The number of rotatable bonds is 13. The van der Waals surface area contributed by atoms with Crippen LogP contribution in [0.4, 0.5) is 0 Å². The third kappa shape index (κ3) is 6.76. The number of aliphatic hydroxyl groups is 1. The molecule has 1 fully saturated rings. The lowest BCUT2D eigenvalue weighted by Crippen LogP contribution is -2.35. The first-order valence-corrected chi connectivity index (χ1v) is 14.2. The Morgan fingerprint density at radius 1 is 0.895 bits per heavy atom. The summed E-state index contributed by atoms with van der Waals surface area (Å²) in [6, 6.07) is 26.1. The maximum atomic E-state index is 12.7. The summed E-state index contributed by atoms with van der Waals surface area (Å²) in [5, 5.41) is 12.7. The Kier molecular flexibility index (Phi) is 10.2. The Labute approximate surface area is 228 Å². The monoisotopic (exact) mass is 517 g/mol. The van der Waals surface area contributed by atoms with Gasteiger partial charge in [-0.25, -0.2) is 0 Å². The molecule has 0 saturated carbocycles. The molecule has 1 saturated heterocycles. The summed E-state index contributed by atoms with van der Waals surface area (Å²) in [6.07, 6.45) is 3.58. The average molecular weight is 518 g/mol. The Bertz CT molecular complexity index is 1090. The smallest absolute Gasteiger partial charge is 0.199 e. The molecule has 3 aromatic carbocycles. The highest BCUT2D eigenvalue weighted by molar-refractivity contribution is 5.45. The van der Waals surface area contributed by atoms with Crippen molar-refractivity contribution in [3.05, 3.63) is 95.6 Å². The summed E-state index contributed by atoms with van der Waals surface area (Å²) in [5.41, 5.74) is 1.47. The Balaban J connectivity index is 1.65. The SMILES string of the molecule is CCC(c1ccccc1)C(O)(c1ccc(OCCN(CC)CC)cc1)c1cccc(OC2CCCCO2)c1. The van der Waals surface area contributed by atoms with E-state index in [1.165, 1.54) is 0 Å². The summed E-state index contributed by atoms with van der Waals surface area (Å²) in [5.74, 6) is 1.37. The maximum Gasteiger partial charge on any atom is 0.199 e. The highest BCUT2D eigenvalue weighted by Crippen LogP contribution is 2.45. The first-order valence-electron chi connectivity index (χ1n) is 14.2. The van der Waals surface area contributed by atoms with Crippen molar-refractivity contribution < 1.29 is 19.3 Å². The van der Waals surface area contributed by atoms with Crippen LogP contribution >= 0.6 is 0 Å². The molecule has 0 amide bonds. The van der Waals surface area contributed by atoms with Gasteiger partial charge >= 0.3 is 0 Å².